The summed E-state index contributed by atoms with van der Waals surface area (Å²) in [5.74, 6) is 0. The lowest BCUT2D eigenvalue weighted by molar-refractivity contribution is 0.451. The third-order valence-corrected chi connectivity index (χ3v) is 1.26. The normalized spacial score (nSPS) is 15.5. The molecule has 2 heteroatoms. The third kappa shape index (κ3) is 3.61. The van der Waals surface area contributed by atoms with Crippen LogP contribution in [0.3, 0.4) is 0 Å². The number of aliphatic imine (C=N–C) groups is 1. The summed E-state index contributed by atoms with van der Waals surface area (Å²) in [5, 5.41) is 0. The number of allylic oxidation sites excluding steroid dienone is 2. The zero-order chi connectivity index (χ0) is 8.69. The second kappa shape index (κ2) is 5.71. The fourth-order valence-corrected chi connectivity index (χ4v) is 0.603. The Bertz CT molecular complexity index is 168. The molecule has 0 saturated carbocycles. The molecule has 0 fully saturated rings. The molecule has 2 nitrogen and oxygen atoms in total. The van der Waals surface area contributed by atoms with Crippen LogP contribution in [0.4, 0.5) is 0 Å². The van der Waals surface area contributed by atoms with Crippen LogP contribution in [0.5, 0.6) is 0 Å². The van der Waals surface area contributed by atoms with Crippen LogP contribution in [0.1, 0.15) is 13.8 Å². The molecule has 0 aromatic heterocycles. The summed E-state index contributed by atoms with van der Waals surface area (Å²) in [5.41, 5.74) is 1.01. The predicted molar refractivity (Wildman–Crippen MR) is 50.8 cm³/mol. The van der Waals surface area contributed by atoms with E-state index in [0.29, 0.717) is 6.67 Å². The molecule has 0 saturated heterocycles. The second-order valence-electron chi connectivity index (χ2n) is 2.02. The molecule has 0 atom stereocenters. The number of hydrogen-bond donors (Lipinski definition) is 0. The zero-order valence-corrected chi connectivity index (χ0v) is 7.54. The first-order valence-electron chi connectivity index (χ1n) is 3.87. The molecule has 0 amide bonds. The van der Waals surface area contributed by atoms with Gasteiger partial charge < -0.3 is 4.90 Å². The van der Waals surface area contributed by atoms with E-state index in [2.05, 4.69) is 11.6 Å². The van der Waals surface area contributed by atoms with Gasteiger partial charge in [0.15, 0.2) is 0 Å². The van der Waals surface area contributed by atoms with Crippen molar-refractivity contribution >= 4 is 6.21 Å². The van der Waals surface area contributed by atoms with Crippen LogP contribution in [0.15, 0.2) is 29.4 Å². The van der Waals surface area contributed by atoms with Gasteiger partial charge in [0, 0.05) is 19.0 Å². The Morgan fingerprint density at radius 1 is 1.55 bits per heavy atom. The van der Waals surface area contributed by atoms with Crippen LogP contribution >= 0.6 is 0 Å². The minimum atomic E-state index is 0.714. The number of likely N-dealkylation sites (N-methyl/N-ethyl adjacent to an activating group) is 1. The van der Waals surface area contributed by atoms with Gasteiger partial charge in [0.1, 0.15) is 6.67 Å². The first kappa shape index (κ1) is 9.95. The lowest BCUT2D eigenvalue weighted by Crippen LogP contribution is -2.14. The van der Waals surface area contributed by atoms with Gasteiger partial charge in [-0.1, -0.05) is 20.4 Å². The van der Waals surface area contributed by atoms with Crippen LogP contribution in [0.2, 0.25) is 0 Å². The molecule has 1 heterocycles. The van der Waals surface area contributed by atoms with Crippen molar-refractivity contribution < 1.29 is 0 Å². The summed E-state index contributed by atoms with van der Waals surface area (Å²) >= 11 is 0. The van der Waals surface area contributed by atoms with E-state index >= 15 is 0 Å². The maximum absolute atomic E-state index is 4.06. The molecule has 11 heavy (non-hydrogen) atoms. The van der Waals surface area contributed by atoms with Crippen LogP contribution in [0, 0.1) is 0 Å². The summed E-state index contributed by atoms with van der Waals surface area (Å²) in [6.45, 7) is 8.53. The molecule has 0 N–H and O–H groups in total. The van der Waals surface area contributed by atoms with E-state index in [1.54, 1.807) is 6.21 Å². The molecule has 1 aliphatic heterocycles. The van der Waals surface area contributed by atoms with Crippen molar-refractivity contribution in [2.45, 2.75) is 13.8 Å². The van der Waals surface area contributed by atoms with Crippen LogP contribution < -0.4 is 0 Å². The number of hydrogen-bond acceptors (Lipinski definition) is 2. The van der Waals surface area contributed by atoms with E-state index in [1.165, 1.54) is 0 Å². The average molecular weight is 152 g/mol. The van der Waals surface area contributed by atoms with Gasteiger partial charge in [-0.15, -0.1) is 0 Å². The number of nitrogens with zero attached hydrogens (tertiary/aromatic N) is 2. The van der Waals surface area contributed by atoms with Crippen molar-refractivity contribution in [3.63, 3.8) is 0 Å². The van der Waals surface area contributed by atoms with E-state index in [-0.39, 0.29) is 0 Å². The first-order valence-corrected chi connectivity index (χ1v) is 3.87. The van der Waals surface area contributed by atoms with Gasteiger partial charge in [-0.2, -0.15) is 0 Å². The fraction of sp³-hybridized carbons (Fsp3) is 0.444. The summed E-state index contributed by atoms with van der Waals surface area (Å²) < 4.78 is 0. The fourth-order valence-electron chi connectivity index (χ4n) is 0.603. The highest BCUT2D eigenvalue weighted by molar-refractivity contribution is 5.72. The molecular formula is C9H16N2. The number of rotatable bonds is 0. The molecule has 0 radical (unpaired) electrons. The molecule has 0 aromatic carbocycles. The average Bonchev–Trinajstić information content (AvgIpc) is 2.22. The van der Waals surface area contributed by atoms with Gasteiger partial charge >= 0.3 is 0 Å². The predicted octanol–water partition coefficient (Wildman–Crippen LogP) is 2.06. The Balaban J connectivity index is 0.000000461. The molecule has 62 valence electrons. The molecule has 1 aliphatic rings. The summed E-state index contributed by atoms with van der Waals surface area (Å²) in [4.78, 5) is 6.04. The monoisotopic (exact) mass is 152 g/mol. The Labute approximate surface area is 68.9 Å². The second-order valence-corrected chi connectivity index (χ2v) is 2.02. The van der Waals surface area contributed by atoms with Gasteiger partial charge in [0.05, 0.1) is 0 Å². The highest BCUT2D eigenvalue weighted by Gasteiger charge is 1.96. The molecule has 0 unspecified atom stereocenters. The lowest BCUT2D eigenvalue weighted by atomic mass is 10.4. The quantitative estimate of drug-likeness (QED) is 0.518. The maximum Gasteiger partial charge on any atom is 0.109 e. The molecule has 0 spiro atoms. The topological polar surface area (TPSA) is 15.6 Å². The summed E-state index contributed by atoms with van der Waals surface area (Å²) in [7, 11) is 1.97. The summed E-state index contributed by atoms with van der Waals surface area (Å²) in [6.07, 6.45) is 5.62. The SMILES string of the molecule is C=C1C=CC=NCN1C.CC. The largest absolute Gasteiger partial charge is 0.356 e. The van der Waals surface area contributed by atoms with E-state index in [0.717, 1.165) is 5.70 Å². The smallest absolute Gasteiger partial charge is 0.109 e. The van der Waals surface area contributed by atoms with Crippen molar-refractivity contribution in [1.29, 1.82) is 0 Å². The Kier molecular flexibility index (Phi) is 5.17. The standard InChI is InChI=1S/C7H10N2.C2H6/c1-7-4-3-5-8-6-9(7)2;1-2/h3-5H,1,6H2,2H3;1-2H3. The molecular weight excluding hydrogens is 136 g/mol. The van der Waals surface area contributed by atoms with Crippen molar-refractivity contribution in [3.05, 3.63) is 24.4 Å². The minimum Gasteiger partial charge on any atom is -0.356 e. The maximum atomic E-state index is 4.06. The molecule has 1 rings (SSSR count). The zero-order valence-electron chi connectivity index (χ0n) is 7.54. The highest BCUT2D eigenvalue weighted by Crippen LogP contribution is 2.01. The van der Waals surface area contributed by atoms with Gasteiger partial charge in [0.2, 0.25) is 0 Å². The van der Waals surface area contributed by atoms with Crippen molar-refractivity contribution in [1.82, 2.24) is 4.90 Å². The molecule has 0 aromatic rings. The third-order valence-electron chi connectivity index (χ3n) is 1.26. The van der Waals surface area contributed by atoms with Gasteiger partial charge in [-0.25, -0.2) is 0 Å². The highest BCUT2D eigenvalue weighted by atomic mass is 15.2. The van der Waals surface area contributed by atoms with Crippen LogP contribution in [-0.4, -0.2) is 24.8 Å². The van der Waals surface area contributed by atoms with Crippen LogP contribution in [-0.2, 0) is 0 Å². The Morgan fingerprint density at radius 2 is 2.18 bits per heavy atom. The van der Waals surface area contributed by atoms with Crippen LogP contribution in [0.25, 0.3) is 0 Å². The van der Waals surface area contributed by atoms with Crippen molar-refractivity contribution in [2.75, 3.05) is 13.7 Å². The molecule has 0 aliphatic carbocycles. The van der Waals surface area contributed by atoms with E-state index < -0.39 is 0 Å². The van der Waals surface area contributed by atoms with E-state index in [4.69, 9.17) is 0 Å². The lowest BCUT2D eigenvalue weighted by Gasteiger charge is -2.13. The van der Waals surface area contributed by atoms with Gasteiger partial charge in [-0.3, -0.25) is 4.99 Å². The van der Waals surface area contributed by atoms with Crippen molar-refractivity contribution in [2.24, 2.45) is 4.99 Å². The summed E-state index contributed by atoms with van der Waals surface area (Å²) in [6, 6.07) is 0. The van der Waals surface area contributed by atoms with Gasteiger partial charge in [0.25, 0.3) is 0 Å². The van der Waals surface area contributed by atoms with Crippen molar-refractivity contribution in [3.8, 4) is 0 Å². The first-order chi connectivity index (χ1) is 5.30. The Morgan fingerprint density at radius 3 is 2.82 bits per heavy atom. The minimum absolute atomic E-state index is 0.714. The van der Waals surface area contributed by atoms with E-state index in [9.17, 15) is 0 Å². The van der Waals surface area contributed by atoms with E-state index in [1.807, 2.05) is 37.9 Å². The van der Waals surface area contributed by atoms with Gasteiger partial charge in [-0.05, 0) is 12.2 Å². The molecule has 0 bridgehead atoms. The Hall–Kier alpha value is -1.05.